The van der Waals surface area contributed by atoms with Gasteiger partial charge in [0.2, 0.25) is 0 Å². The van der Waals surface area contributed by atoms with Crippen LogP contribution in [0.25, 0.3) is 0 Å². The van der Waals surface area contributed by atoms with Crippen LogP contribution in [0.1, 0.15) is 0 Å². The lowest BCUT2D eigenvalue weighted by Crippen LogP contribution is -1.93. The van der Waals surface area contributed by atoms with Crippen LogP contribution in [-0.2, 0) is 0 Å². The van der Waals surface area contributed by atoms with Crippen LogP contribution in [0.2, 0.25) is 5.02 Å². The van der Waals surface area contributed by atoms with Crippen molar-refractivity contribution in [2.75, 3.05) is 6.61 Å². The largest absolute Gasteiger partial charge is 0.480 e. The summed E-state index contributed by atoms with van der Waals surface area (Å²) in [6.45, 7) is 0.264. The molecule has 0 spiro atoms. The Labute approximate surface area is 84.8 Å². The van der Waals surface area contributed by atoms with Gasteiger partial charge in [0.15, 0.2) is 0 Å². The summed E-state index contributed by atoms with van der Waals surface area (Å²) in [5.74, 6) is 3.09. The Hall–Kier alpha value is -0.650. The van der Waals surface area contributed by atoms with Gasteiger partial charge >= 0.3 is 0 Å². The van der Waals surface area contributed by atoms with Gasteiger partial charge in [-0.25, -0.2) is 0 Å². The summed E-state index contributed by atoms with van der Waals surface area (Å²) < 4.78 is 6.01. The van der Waals surface area contributed by atoms with Gasteiger partial charge in [-0.05, 0) is 34.1 Å². The molecule has 0 aliphatic heterocycles. The second-order valence-electron chi connectivity index (χ2n) is 2.07. The van der Waals surface area contributed by atoms with E-state index in [2.05, 4.69) is 21.9 Å². The van der Waals surface area contributed by atoms with E-state index < -0.39 is 0 Å². The minimum absolute atomic E-state index is 0.264. The van der Waals surface area contributed by atoms with Crippen LogP contribution < -0.4 is 4.74 Å². The lowest BCUT2D eigenvalue weighted by Gasteiger charge is -2.04. The molecular formula is C9H6BrClO. The Kier molecular flexibility index (Phi) is 3.46. The molecule has 0 unspecified atom stereocenters. The normalized spacial score (nSPS) is 9.08. The van der Waals surface area contributed by atoms with E-state index in [0.29, 0.717) is 10.8 Å². The predicted octanol–water partition coefficient (Wildman–Crippen LogP) is 3.11. The molecule has 62 valence electrons. The topological polar surface area (TPSA) is 9.23 Å². The first-order valence-electron chi connectivity index (χ1n) is 3.25. The second kappa shape index (κ2) is 4.39. The SMILES string of the molecule is C#CCOc1ccc(Cl)cc1Br. The Bertz CT molecular complexity index is 317. The third-order valence-electron chi connectivity index (χ3n) is 1.20. The van der Waals surface area contributed by atoms with Gasteiger partial charge in [-0.15, -0.1) is 6.42 Å². The van der Waals surface area contributed by atoms with E-state index in [4.69, 9.17) is 22.8 Å². The number of hydrogen-bond acceptors (Lipinski definition) is 1. The molecule has 0 radical (unpaired) electrons. The van der Waals surface area contributed by atoms with Crippen molar-refractivity contribution in [2.24, 2.45) is 0 Å². The van der Waals surface area contributed by atoms with Crippen molar-refractivity contribution in [3.63, 3.8) is 0 Å². The van der Waals surface area contributed by atoms with E-state index >= 15 is 0 Å². The molecule has 0 atom stereocenters. The van der Waals surface area contributed by atoms with Crippen LogP contribution in [0.4, 0.5) is 0 Å². The maximum absolute atomic E-state index is 5.73. The van der Waals surface area contributed by atoms with E-state index in [-0.39, 0.29) is 6.61 Å². The van der Waals surface area contributed by atoms with E-state index in [0.717, 1.165) is 4.47 Å². The predicted molar refractivity (Wildman–Crippen MR) is 53.5 cm³/mol. The number of rotatable bonds is 2. The minimum Gasteiger partial charge on any atom is -0.480 e. The highest BCUT2D eigenvalue weighted by Crippen LogP contribution is 2.27. The van der Waals surface area contributed by atoms with E-state index in [9.17, 15) is 0 Å². The number of hydrogen-bond donors (Lipinski definition) is 0. The average Bonchev–Trinajstić information content (AvgIpc) is 2.03. The maximum atomic E-state index is 5.73. The summed E-state index contributed by atoms with van der Waals surface area (Å²) in [6.07, 6.45) is 5.04. The molecule has 1 nitrogen and oxygen atoms in total. The number of ether oxygens (including phenoxy) is 1. The Balaban J connectivity index is 2.81. The molecule has 0 heterocycles. The first-order chi connectivity index (χ1) is 5.74. The fourth-order valence-corrected chi connectivity index (χ4v) is 1.51. The fraction of sp³-hybridized carbons (Fsp3) is 0.111. The third kappa shape index (κ3) is 2.44. The van der Waals surface area contributed by atoms with Crippen molar-refractivity contribution in [1.82, 2.24) is 0 Å². The number of halogens is 2. The van der Waals surface area contributed by atoms with Crippen LogP contribution in [0, 0.1) is 12.3 Å². The van der Waals surface area contributed by atoms with Gasteiger partial charge in [0.25, 0.3) is 0 Å². The summed E-state index contributed by atoms with van der Waals surface area (Å²) >= 11 is 9.02. The zero-order valence-corrected chi connectivity index (χ0v) is 8.52. The van der Waals surface area contributed by atoms with Crippen LogP contribution in [-0.4, -0.2) is 6.61 Å². The molecule has 12 heavy (non-hydrogen) atoms. The quantitative estimate of drug-likeness (QED) is 0.728. The smallest absolute Gasteiger partial charge is 0.148 e. The molecule has 3 heteroatoms. The van der Waals surface area contributed by atoms with Crippen LogP contribution in [0.15, 0.2) is 22.7 Å². The van der Waals surface area contributed by atoms with Crippen LogP contribution in [0.5, 0.6) is 5.75 Å². The van der Waals surface area contributed by atoms with Crippen molar-refractivity contribution in [3.8, 4) is 18.1 Å². The van der Waals surface area contributed by atoms with Crippen molar-refractivity contribution in [1.29, 1.82) is 0 Å². The van der Waals surface area contributed by atoms with E-state index in [1.165, 1.54) is 0 Å². The third-order valence-corrected chi connectivity index (χ3v) is 2.06. The van der Waals surface area contributed by atoms with Crippen molar-refractivity contribution in [3.05, 3.63) is 27.7 Å². The van der Waals surface area contributed by atoms with Gasteiger partial charge < -0.3 is 4.74 Å². The summed E-state index contributed by atoms with van der Waals surface area (Å²) in [4.78, 5) is 0. The highest BCUT2D eigenvalue weighted by atomic mass is 79.9. The van der Waals surface area contributed by atoms with Crippen molar-refractivity contribution in [2.45, 2.75) is 0 Å². The summed E-state index contributed by atoms with van der Waals surface area (Å²) in [5.41, 5.74) is 0. The van der Waals surface area contributed by atoms with Gasteiger partial charge in [0.05, 0.1) is 4.47 Å². The van der Waals surface area contributed by atoms with Crippen LogP contribution >= 0.6 is 27.5 Å². The van der Waals surface area contributed by atoms with Crippen molar-refractivity contribution >= 4 is 27.5 Å². The lowest BCUT2D eigenvalue weighted by molar-refractivity contribution is 0.368. The standard InChI is InChI=1S/C9H6BrClO/c1-2-5-12-9-4-3-7(11)6-8(9)10/h1,3-4,6H,5H2. The molecule has 0 amide bonds. The average molecular weight is 246 g/mol. The summed E-state index contributed by atoms with van der Waals surface area (Å²) in [6, 6.07) is 5.27. The molecule has 1 aromatic rings. The number of terminal acetylenes is 1. The fourth-order valence-electron chi connectivity index (χ4n) is 0.712. The summed E-state index contributed by atoms with van der Waals surface area (Å²) in [7, 11) is 0. The highest BCUT2D eigenvalue weighted by molar-refractivity contribution is 9.10. The highest BCUT2D eigenvalue weighted by Gasteiger charge is 1.99. The molecule has 1 rings (SSSR count). The first kappa shape index (κ1) is 9.44. The first-order valence-corrected chi connectivity index (χ1v) is 4.42. The molecular weight excluding hydrogens is 239 g/mol. The van der Waals surface area contributed by atoms with Gasteiger partial charge in [-0.2, -0.15) is 0 Å². The number of benzene rings is 1. The summed E-state index contributed by atoms with van der Waals surface area (Å²) in [5, 5.41) is 0.662. The molecule has 0 fully saturated rings. The molecule has 0 saturated carbocycles. The molecule has 0 N–H and O–H groups in total. The van der Waals surface area contributed by atoms with Crippen LogP contribution in [0.3, 0.4) is 0 Å². The zero-order valence-electron chi connectivity index (χ0n) is 6.18. The zero-order chi connectivity index (χ0) is 8.97. The maximum Gasteiger partial charge on any atom is 0.148 e. The van der Waals surface area contributed by atoms with E-state index in [1.54, 1.807) is 18.2 Å². The van der Waals surface area contributed by atoms with E-state index in [1.807, 2.05) is 0 Å². The van der Waals surface area contributed by atoms with Gasteiger partial charge in [-0.3, -0.25) is 0 Å². The molecule has 0 aromatic heterocycles. The van der Waals surface area contributed by atoms with Gasteiger partial charge in [-0.1, -0.05) is 17.5 Å². The Morgan fingerprint density at radius 2 is 2.33 bits per heavy atom. The Morgan fingerprint density at radius 3 is 2.92 bits per heavy atom. The molecule has 0 aliphatic carbocycles. The van der Waals surface area contributed by atoms with Gasteiger partial charge in [0.1, 0.15) is 12.4 Å². The lowest BCUT2D eigenvalue weighted by atomic mass is 10.3. The Morgan fingerprint density at radius 1 is 1.58 bits per heavy atom. The second-order valence-corrected chi connectivity index (χ2v) is 3.36. The molecule has 0 saturated heterocycles. The monoisotopic (exact) mass is 244 g/mol. The van der Waals surface area contributed by atoms with Crippen molar-refractivity contribution < 1.29 is 4.74 Å². The van der Waals surface area contributed by atoms with Gasteiger partial charge in [0, 0.05) is 5.02 Å². The molecule has 0 aliphatic rings. The molecule has 0 bridgehead atoms. The minimum atomic E-state index is 0.264. The molecule has 1 aromatic carbocycles.